The van der Waals surface area contributed by atoms with E-state index in [-0.39, 0.29) is 18.2 Å². The van der Waals surface area contributed by atoms with Gasteiger partial charge in [0.1, 0.15) is 6.04 Å². The van der Waals surface area contributed by atoms with Crippen LogP contribution < -0.4 is 0 Å². The maximum absolute atomic E-state index is 12.8. The zero-order valence-corrected chi connectivity index (χ0v) is 12.9. The van der Waals surface area contributed by atoms with Crippen molar-refractivity contribution < 1.29 is 14.3 Å². The van der Waals surface area contributed by atoms with Gasteiger partial charge in [0.15, 0.2) is 6.23 Å². The van der Waals surface area contributed by atoms with E-state index >= 15 is 0 Å². The third kappa shape index (κ3) is 2.43. The first kappa shape index (κ1) is 14.8. The highest BCUT2D eigenvalue weighted by molar-refractivity contribution is 5.92. The van der Waals surface area contributed by atoms with Crippen LogP contribution in [0.5, 0.6) is 0 Å². The summed E-state index contributed by atoms with van der Waals surface area (Å²) in [5.41, 5.74) is 1.02. The molecule has 2 saturated heterocycles. The van der Waals surface area contributed by atoms with E-state index in [1.165, 1.54) is 10.0 Å². The van der Waals surface area contributed by atoms with Gasteiger partial charge in [0.25, 0.3) is 5.91 Å². The molecule has 1 unspecified atom stereocenters. The van der Waals surface area contributed by atoms with Crippen molar-refractivity contribution in [3.05, 3.63) is 35.9 Å². The van der Waals surface area contributed by atoms with Gasteiger partial charge in [-0.25, -0.2) is 14.8 Å². The van der Waals surface area contributed by atoms with Crippen LogP contribution in [0.2, 0.25) is 0 Å². The van der Waals surface area contributed by atoms with Crippen molar-refractivity contribution >= 4 is 11.9 Å². The highest BCUT2D eigenvalue weighted by Crippen LogP contribution is 2.27. The topological polar surface area (TPSA) is 53.1 Å². The lowest BCUT2D eigenvalue weighted by molar-refractivity contribution is -0.198. The number of ether oxygens (including phenoxy) is 1. The van der Waals surface area contributed by atoms with E-state index in [4.69, 9.17) is 4.74 Å². The second-order valence-corrected chi connectivity index (χ2v) is 5.71. The van der Waals surface area contributed by atoms with E-state index in [2.05, 4.69) is 0 Å². The fraction of sp³-hybridized carbons (Fsp3) is 0.500. The smallest absolute Gasteiger partial charge is 0.339 e. The summed E-state index contributed by atoms with van der Waals surface area (Å²) < 4.78 is 5.37. The predicted molar refractivity (Wildman–Crippen MR) is 80.4 cm³/mol. The quantitative estimate of drug-likeness (QED) is 0.856. The molecule has 0 bridgehead atoms. The van der Waals surface area contributed by atoms with Gasteiger partial charge in [-0.1, -0.05) is 30.3 Å². The number of carbonyl (C=O) groups is 2. The molecule has 3 rings (SSSR count). The molecule has 118 valence electrons. The fourth-order valence-corrected chi connectivity index (χ4v) is 3.09. The third-order valence-electron chi connectivity index (χ3n) is 4.34. The van der Waals surface area contributed by atoms with Gasteiger partial charge in [0, 0.05) is 20.2 Å². The maximum Gasteiger partial charge on any atom is 0.339 e. The van der Waals surface area contributed by atoms with Gasteiger partial charge in [-0.05, 0) is 25.3 Å². The van der Waals surface area contributed by atoms with Crippen LogP contribution in [0, 0.1) is 0 Å². The Hall–Kier alpha value is -2.08. The van der Waals surface area contributed by atoms with Crippen molar-refractivity contribution in [2.75, 3.05) is 13.7 Å². The van der Waals surface area contributed by atoms with Gasteiger partial charge >= 0.3 is 6.03 Å². The Labute approximate surface area is 130 Å². The number of rotatable bonds is 3. The van der Waals surface area contributed by atoms with Crippen LogP contribution >= 0.6 is 0 Å². The number of hydrogen-bond acceptors (Lipinski definition) is 3. The molecule has 3 amide bonds. The molecule has 0 spiro atoms. The molecule has 22 heavy (non-hydrogen) atoms. The second kappa shape index (κ2) is 5.96. The maximum atomic E-state index is 12.8. The van der Waals surface area contributed by atoms with Crippen molar-refractivity contribution in [2.45, 2.75) is 38.6 Å². The molecule has 1 aromatic carbocycles. The molecule has 1 aromatic rings. The molecule has 2 aliphatic rings. The van der Waals surface area contributed by atoms with E-state index in [0.29, 0.717) is 13.1 Å². The molecule has 2 heterocycles. The van der Waals surface area contributed by atoms with Crippen molar-refractivity contribution in [2.24, 2.45) is 0 Å². The number of hydrazine groups is 1. The zero-order chi connectivity index (χ0) is 15.7. The molecule has 0 N–H and O–H groups in total. The molecule has 2 atom stereocenters. The van der Waals surface area contributed by atoms with Gasteiger partial charge in [-0.3, -0.25) is 4.79 Å². The minimum Gasteiger partial charge on any atom is -0.360 e. The zero-order valence-electron chi connectivity index (χ0n) is 12.9. The first-order valence-electron chi connectivity index (χ1n) is 7.61. The standard InChI is InChI=1S/C16H21N3O3/c1-12-15(20)19-14(22-2)9-6-10-18(19)16(21)17(12)11-13-7-4-3-5-8-13/h3-5,7-8,12,14H,6,9-11H2,1-2H3/t12-,14?/m0/s1. The molecular formula is C16H21N3O3. The molecule has 2 fully saturated rings. The van der Waals surface area contributed by atoms with Crippen LogP contribution in [-0.4, -0.2) is 52.8 Å². The highest BCUT2D eigenvalue weighted by atomic mass is 16.5. The van der Waals surface area contributed by atoms with Crippen molar-refractivity contribution in [3.63, 3.8) is 0 Å². The summed E-state index contributed by atoms with van der Waals surface area (Å²) in [7, 11) is 1.58. The largest absolute Gasteiger partial charge is 0.360 e. The van der Waals surface area contributed by atoms with Crippen LogP contribution in [0.15, 0.2) is 30.3 Å². The highest BCUT2D eigenvalue weighted by Gasteiger charge is 2.46. The minimum atomic E-state index is -0.486. The van der Waals surface area contributed by atoms with Gasteiger partial charge in [0.2, 0.25) is 0 Å². The number of urea groups is 1. The lowest BCUT2D eigenvalue weighted by Gasteiger charge is -2.50. The molecule has 0 aromatic heterocycles. The molecular weight excluding hydrogens is 282 g/mol. The van der Waals surface area contributed by atoms with E-state index in [0.717, 1.165) is 18.4 Å². The summed E-state index contributed by atoms with van der Waals surface area (Å²) >= 11 is 0. The van der Waals surface area contributed by atoms with Crippen molar-refractivity contribution in [1.29, 1.82) is 0 Å². The third-order valence-corrected chi connectivity index (χ3v) is 4.34. The van der Waals surface area contributed by atoms with E-state index in [1.807, 2.05) is 30.3 Å². The molecule has 6 heteroatoms. The van der Waals surface area contributed by atoms with Gasteiger partial charge in [-0.15, -0.1) is 0 Å². The molecule has 0 radical (unpaired) electrons. The second-order valence-electron chi connectivity index (χ2n) is 5.71. The molecule has 6 nitrogen and oxygen atoms in total. The fourth-order valence-electron chi connectivity index (χ4n) is 3.09. The molecule has 0 saturated carbocycles. The minimum absolute atomic E-state index is 0.0814. The van der Waals surface area contributed by atoms with Gasteiger partial charge < -0.3 is 9.64 Å². The monoisotopic (exact) mass is 303 g/mol. The Morgan fingerprint density at radius 3 is 2.64 bits per heavy atom. The number of carbonyl (C=O) groups excluding carboxylic acids is 2. The number of benzene rings is 1. The summed E-state index contributed by atoms with van der Waals surface area (Å²) in [6.45, 7) is 2.78. The average molecular weight is 303 g/mol. The summed E-state index contributed by atoms with van der Waals surface area (Å²) in [6.07, 6.45) is 1.26. The van der Waals surface area contributed by atoms with Crippen LogP contribution in [0.3, 0.4) is 0 Å². The Morgan fingerprint density at radius 1 is 1.23 bits per heavy atom. The summed E-state index contributed by atoms with van der Waals surface area (Å²) in [5.74, 6) is -0.0814. The number of nitrogens with zero attached hydrogens (tertiary/aromatic N) is 3. The van der Waals surface area contributed by atoms with Gasteiger partial charge in [0.05, 0.1) is 0 Å². The van der Waals surface area contributed by atoms with Crippen LogP contribution in [0.25, 0.3) is 0 Å². The van der Waals surface area contributed by atoms with Crippen molar-refractivity contribution in [3.8, 4) is 0 Å². The Kier molecular flexibility index (Phi) is 4.02. The first-order valence-corrected chi connectivity index (χ1v) is 7.61. The average Bonchev–Trinajstić information content (AvgIpc) is 2.57. The Bertz CT molecular complexity index is 563. The van der Waals surface area contributed by atoms with Crippen molar-refractivity contribution in [1.82, 2.24) is 14.9 Å². The molecule has 2 aliphatic heterocycles. The van der Waals surface area contributed by atoms with E-state index < -0.39 is 6.04 Å². The van der Waals surface area contributed by atoms with E-state index in [9.17, 15) is 9.59 Å². The number of methoxy groups -OCH3 is 1. The van der Waals surface area contributed by atoms with Gasteiger partial charge in [-0.2, -0.15) is 0 Å². The first-order chi connectivity index (χ1) is 10.6. The summed E-state index contributed by atoms with van der Waals surface area (Å²) in [6, 6.07) is 9.12. The van der Waals surface area contributed by atoms with Crippen LogP contribution in [0.1, 0.15) is 25.3 Å². The lowest BCUT2D eigenvalue weighted by Crippen LogP contribution is -2.70. The summed E-state index contributed by atoms with van der Waals surface area (Å²) in [4.78, 5) is 27.1. The SMILES string of the molecule is COC1CCCN2C(=O)N(Cc3ccccc3)[C@@H](C)C(=O)N12. The van der Waals surface area contributed by atoms with Crippen LogP contribution in [-0.2, 0) is 16.1 Å². The summed E-state index contributed by atoms with van der Waals surface area (Å²) in [5, 5.41) is 3.03. The number of hydrogen-bond donors (Lipinski definition) is 0. The Balaban J connectivity index is 1.85. The molecule has 0 aliphatic carbocycles. The number of amides is 3. The van der Waals surface area contributed by atoms with Crippen LogP contribution in [0.4, 0.5) is 4.79 Å². The number of fused-ring (bicyclic) bond motifs is 1. The van der Waals surface area contributed by atoms with E-state index in [1.54, 1.807) is 18.9 Å². The Morgan fingerprint density at radius 2 is 1.95 bits per heavy atom. The lowest BCUT2D eigenvalue weighted by atomic mass is 10.1. The normalized spacial score (nSPS) is 25.5. The predicted octanol–water partition coefficient (Wildman–Crippen LogP) is 1.82.